The number of rotatable bonds is 5. The van der Waals surface area contributed by atoms with Crippen molar-refractivity contribution in [3.05, 3.63) is 28.5 Å². The van der Waals surface area contributed by atoms with Crippen LogP contribution in [-0.4, -0.2) is 16.7 Å². The van der Waals surface area contributed by atoms with E-state index in [2.05, 4.69) is 0 Å². The molecule has 138 valence electrons. The molecule has 2 aliphatic rings. The highest BCUT2D eigenvalue weighted by molar-refractivity contribution is 7.81. The van der Waals surface area contributed by atoms with E-state index in [1.807, 2.05) is 4.72 Å². The van der Waals surface area contributed by atoms with E-state index >= 15 is 0 Å². The number of carbonyl (C=O) groups excluding carboxylic acids is 1. The summed E-state index contributed by atoms with van der Waals surface area (Å²) in [5, 5.41) is 5.11. The van der Waals surface area contributed by atoms with Crippen LogP contribution in [0.2, 0.25) is 5.02 Å². The molecule has 1 unspecified atom stereocenters. The summed E-state index contributed by atoms with van der Waals surface area (Å²) in [4.78, 5) is 11.7. The molecule has 3 rings (SSSR count). The quantitative estimate of drug-likeness (QED) is 0.810. The summed E-state index contributed by atoms with van der Waals surface area (Å²) in [5.74, 6) is -1.01. The first kappa shape index (κ1) is 18.6. The van der Waals surface area contributed by atoms with E-state index in [-0.39, 0.29) is 16.3 Å². The first-order chi connectivity index (χ1) is 11.9. The van der Waals surface area contributed by atoms with E-state index in [4.69, 9.17) is 21.5 Å². The highest BCUT2D eigenvalue weighted by Gasteiger charge is 2.40. The minimum absolute atomic E-state index is 0.139. The maximum absolute atomic E-state index is 14.1. The van der Waals surface area contributed by atoms with Gasteiger partial charge < -0.3 is 4.74 Å². The van der Waals surface area contributed by atoms with Crippen molar-refractivity contribution in [3.8, 4) is 5.75 Å². The lowest BCUT2D eigenvalue weighted by atomic mass is 9.59. The molecule has 5 nitrogen and oxygen atoms in total. The molecule has 0 heterocycles. The van der Waals surface area contributed by atoms with Crippen LogP contribution in [0.15, 0.2) is 12.1 Å². The SMILES string of the molecule is NS(=O)NC(=O)c1cc(Cl)c(OCC2CCC3(CCC3)CC2)cc1F. The van der Waals surface area contributed by atoms with Gasteiger partial charge in [0, 0.05) is 6.07 Å². The van der Waals surface area contributed by atoms with Crippen LogP contribution in [0.1, 0.15) is 55.3 Å². The lowest BCUT2D eigenvalue weighted by Crippen LogP contribution is -2.35. The smallest absolute Gasteiger partial charge is 0.266 e. The third kappa shape index (κ3) is 4.33. The number of benzene rings is 1. The molecular weight excluding hydrogens is 367 g/mol. The molecule has 3 N–H and O–H groups in total. The zero-order chi connectivity index (χ0) is 18.0. The second-order valence-corrected chi connectivity index (χ2v) is 8.31. The van der Waals surface area contributed by atoms with Gasteiger partial charge in [0.25, 0.3) is 5.91 Å². The Morgan fingerprint density at radius 1 is 1.36 bits per heavy atom. The molecule has 2 aliphatic carbocycles. The van der Waals surface area contributed by atoms with Crippen molar-refractivity contribution in [1.82, 2.24) is 4.72 Å². The fourth-order valence-corrected chi connectivity index (χ4v) is 4.31. The Labute approximate surface area is 154 Å². The molecule has 1 aromatic rings. The number of halogens is 2. The summed E-state index contributed by atoms with van der Waals surface area (Å²) in [5.41, 5.74) is 0.277. The average Bonchev–Trinajstić information content (AvgIpc) is 2.53. The van der Waals surface area contributed by atoms with Crippen LogP contribution < -0.4 is 14.6 Å². The van der Waals surface area contributed by atoms with Crippen molar-refractivity contribution >= 4 is 28.7 Å². The molecule has 0 aromatic heterocycles. The number of hydrogen-bond donors (Lipinski definition) is 2. The lowest BCUT2D eigenvalue weighted by Gasteiger charge is -2.47. The van der Waals surface area contributed by atoms with Crippen LogP contribution in [0.3, 0.4) is 0 Å². The number of nitrogens with two attached hydrogens (primary N) is 1. The number of ether oxygens (including phenoxy) is 1. The van der Waals surface area contributed by atoms with Crippen LogP contribution in [0.5, 0.6) is 5.75 Å². The third-order valence-corrected chi connectivity index (χ3v) is 6.20. The van der Waals surface area contributed by atoms with Crippen LogP contribution in [0, 0.1) is 17.2 Å². The van der Waals surface area contributed by atoms with Crippen molar-refractivity contribution < 1.29 is 18.1 Å². The largest absolute Gasteiger partial charge is 0.492 e. The Morgan fingerprint density at radius 2 is 2.04 bits per heavy atom. The molecular formula is C17H22ClFN2O3S. The van der Waals surface area contributed by atoms with Crippen molar-refractivity contribution in [2.75, 3.05) is 6.61 Å². The summed E-state index contributed by atoms with van der Waals surface area (Å²) >= 11 is 4.03. The molecule has 1 atom stereocenters. The first-order valence-corrected chi connectivity index (χ1v) is 10.1. The van der Waals surface area contributed by atoms with Crippen molar-refractivity contribution in [3.63, 3.8) is 0 Å². The van der Waals surface area contributed by atoms with Crippen LogP contribution in [0.25, 0.3) is 0 Å². The summed E-state index contributed by atoms with van der Waals surface area (Å²) < 4.78 is 32.6. The molecule has 1 aromatic carbocycles. The first-order valence-electron chi connectivity index (χ1n) is 8.48. The number of carbonyl (C=O) groups is 1. The Hall–Kier alpha value is -1.18. The van der Waals surface area contributed by atoms with Gasteiger partial charge in [-0.1, -0.05) is 18.0 Å². The molecule has 1 spiro atoms. The number of amides is 1. The molecule has 8 heteroatoms. The van der Waals surface area contributed by atoms with E-state index < -0.39 is 22.9 Å². The van der Waals surface area contributed by atoms with Gasteiger partial charge in [0.1, 0.15) is 11.6 Å². The summed E-state index contributed by atoms with van der Waals surface area (Å²) in [6.07, 6.45) is 8.82. The predicted molar refractivity (Wildman–Crippen MR) is 94.9 cm³/mol. The van der Waals surface area contributed by atoms with Gasteiger partial charge in [-0.3, -0.25) is 9.52 Å². The second-order valence-electron chi connectivity index (χ2n) is 7.10. The maximum Gasteiger partial charge on any atom is 0.266 e. The van der Waals surface area contributed by atoms with Crippen molar-refractivity contribution in [2.45, 2.75) is 44.9 Å². The van der Waals surface area contributed by atoms with Crippen LogP contribution in [0.4, 0.5) is 4.39 Å². The van der Waals surface area contributed by atoms with Gasteiger partial charge in [0.2, 0.25) is 0 Å². The topological polar surface area (TPSA) is 81.4 Å². The highest BCUT2D eigenvalue weighted by atomic mass is 35.5. The highest BCUT2D eigenvalue weighted by Crippen LogP contribution is 2.52. The normalized spacial score (nSPS) is 20.8. The van der Waals surface area contributed by atoms with E-state index in [0.29, 0.717) is 17.9 Å². The lowest BCUT2D eigenvalue weighted by molar-refractivity contribution is 0.0432. The Balaban J connectivity index is 1.58. The molecule has 0 aliphatic heterocycles. The van der Waals surface area contributed by atoms with Crippen LogP contribution in [-0.2, 0) is 11.2 Å². The molecule has 25 heavy (non-hydrogen) atoms. The predicted octanol–water partition coefficient (Wildman–Crippen LogP) is 3.49. The minimum atomic E-state index is -2.07. The second kappa shape index (κ2) is 7.60. The van der Waals surface area contributed by atoms with Gasteiger partial charge in [-0.25, -0.2) is 13.7 Å². The van der Waals surface area contributed by atoms with Gasteiger partial charge in [0.15, 0.2) is 11.2 Å². The number of nitrogens with one attached hydrogen (secondary N) is 1. The van der Waals surface area contributed by atoms with Gasteiger partial charge in [-0.05, 0) is 55.9 Å². The summed E-state index contributed by atoms with van der Waals surface area (Å²) in [6.45, 7) is 0.494. The van der Waals surface area contributed by atoms with Crippen molar-refractivity contribution in [2.24, 2.45) is 16.5 Å². The Morgan fingerprint density at radius 3 is 2.60 bits per heavy atom. The fraction of sp³-hybridized carbons (Fsp3) is 0.588. The van der Waals surface area contributed by atoms with E-state index in [1.165, 1.54) is 38.2 Å². The van der Waals surface area contributed by atoms with Gasteiger partial charge in [-0.15, -0.1) is 0 Å². The van der Waals surface area contributed by atoms with Gasteiger partial charge in [0.05, 0.1) is 17.2 Å². The maximum atomic E-state index is 14.1. The molecule has 0 radical (unpaired) electrons. The molecule has 1 amide bonds. The molecule has 0 bridgehead atoms. The zero-order valence-corrected chi connectivity index (χ0v) is 15.4. The molecule has 2 fully saturated rings. The summed E-state index contributed by atoms with van der Waals surface area (Å²) in [7, 11) is 0. The Bertz CT molecular complexity index is 687. The number of hydrogen-bond acceptors (Lipinski definition) is 3. The monoisotopic (exact) mass is 388 g/mol. The van der Waals surface area contributed by atoms with Crippen LogP contribution >= 0.6 is 11.6 Å². The van der Waals surface area contributed by atoms with Gasteiger partial charge >= 0.3 is 0 Å². The molecule has 0 saturated heterocycles. The van der Waals surface area contributed by atoms with Crippen molar-refractivity contribution in [1.29, 1.82) is 0 Å². The Kier molecular flexibility index (Phi) is 5.65. The standard InChI is InChI=1S/C17H22ClFN2O3S/c18-13-8-12(16(22)21-25(20)23)14(19)9-15(13)24-10-11-2-6-17(7-3-11)4-1-5-17/h8-9,11H,1-7,10,20H2,(H,21,22). The molecule has 2 saturated carbocycles. The fourth-order valence-electron chi connectivity index (χ4n) is 3.80. The van der Waals surface area contributed by atoms with Gasteiger partial charge in [-0.2, -0.15) is 0 Å². The van der Waals surface area contributed by atoms with E-state index in [9.17, 15) is 13.4 Å². The van der Waals surface area contributed by atoms with E-state index in [1.54, 1.807) is 0 Å². The minimum Gasteiger partial charge on any atom is -0.492 e. The average molecular weight is 389 g/mol. The van der Waals surface area contributed by atoms with E-state index in [0.717, 1.165) is 18.9 Å². The third-order valence-electron chi connectivity index (χ3n) is 5.51. The summed E-state index contributed by atoms with van der Waals surface area (Å²) in [6, 6.07) is 2.26. The zero-order valence-electron chi connectivity index (χ0n) is 13.9.